The van der Waals surface area contributed by atoms with Crippen LogP contribution in [0.2, 0.25) is 15.1 Å². The lowest BCUT2D eigenvalue weighted by atomic mass is 10.1. The van der Waals surface area contributed by atoms with E-state index in [1.54, 1.807) is 72.8 Å². The summed E-state index contributed by atoms with van der Waals surface area (Å²) >= 11 is 17.8. The molecule has 540 valence electrons. The van der Waals surface area contributed by atoms with Crippen LogP contribution in [0.4, 0.5) is 17.1 Å². The molecule has 0 aliphatic carbocycles. The van der Waals surface area contributed by atoms with E-state index < -0.39 is 30.1 Å². The van der Waals surface area contributed by atoms with Gasteiger partial charge in [0.15, 0.2) is 0 Å². The molecular formula is C78H87Cl3N6O12S3. The van der Waals surface area contributed by atoms with Gasteiger partial charge in [-0.2, -0.15) is 0 Å². The first kappa shape index (κ1) is 80.8. The van der Waals surface area contributed by atoms with Crippen LogP contribution in [0.3, 0.4) is 0 Å². The lowest BCUT2D eigenvalue weighted by molar-refractivity contribution is 0.306. The number of aliphatic hydroxyl groups is 3. The molecule has 0 saturated heterocycles. The van der Waals surface area contributed by atoms with Gasteiger partial charge in [0, 0.05) is 54.3 Å². The molecule has 18 nitrogen and oxygen atoms in total. The van der Waals surface area contributed by atoms with Gasteiger partial charge in [0.25, 0.3) is 30.1 Å². The van der Waals surface area contributed by atoms with Crippen LogP contribution in [-0.4, -0.2) is 157 Å². The Balaban J connectivity index is 0.000000214. The van der Waals surface area contributed by atoms with Crippen LogP contribution in [-0.2, 0) is 49.7 Å². The second kappa shape index (κ2) is 40.4. The second-order valence-electron chi connectivity index (χ2n) is 23.3. The summed E-state index contributed by atoms with van der Waals surface area (Å²) in [6.45, 7) is 2.54. The number of rotatable bonds is 33. The van der Waals surface area contributed by atoms with Crippen molar-refractivity contribution < 1.29 is 54.8 Å². The maximum Gasteiger partial charge on any atom is 0.264 e. The number of halogens is 3. The van der Waals surface area contributed by atoms with Gasteiger partial charge in [0.2, 0.25) is 0 Å². The molecule has 0 aliphatic heterocycles. The Bertz CT molecular complexity index is 4050. The van der Waals surface area contributed by atoms with Gasteiger partial charge < -0.3 is 29.5 Å². The third-order valence-corrected chi connectivity index (χ3v) is 22.0. The number of para-hydroxylation sites is 3. The number of benzene rings is 9. The van der Waals surface area contributed by atoms with Gasteiger partial charge in [-0.15, -0.1) is 0 Å². The highest BCUT2D eigenvalue weighted by molar-refractivity contribution is 7.93. The van der Waals surface area contributed by atoms with Gasteiger partial charge in [-0.05, 0) is 182 Å². The van der Waals surface area contributed by atoms with Crippen molar-refractivity contribution in [2.45, 2.75) is 34.3 Å². The van der Waals surface area contributed by atoms with Crippen molar-refractivity contribution in [3.8, 4) is 17.2 Å². The van der Waals surface area contributed by atoms with Crippen LogP contribution < -0.4 is 27.1 Å². The van der Waals surface area contributed by atoms with E-state index in [4.69, 9.17) is 49.0 Å². The lowest BCUT2D eigenvalue weighted by Gasteiger charge is -2.27. The summed E-state index contributed by atoms with van der Waals surface area (Å²) in [6.07, 6.45) is 12.2. The minimum absolute atomic E-state index is 0.0500. The Morgan fingerprint density at radius 1 is 0.333 bits per heavy atom. The van der Waals surface area contributed by atoms with Crippen molar-refractivity contribution in [2.24, 2.45) is 0 Å². The molecule has 102 heavy (non-hydrogen) atoms. The fourth-order valence-electron chi connectivity index (χ4n) is 10.6. The van der Waals surface area contributed by atoms with Crippen LogP contribution >= 0.6 is 34.8 Å². The normalized spacial score (nSPS) is 11.8. The molecule has 0 heterocycles. The average molecular weight is 1500 g/mol. The number of sulfonamides is 3. The minimum atomic E-state index is -3.88. The highest BCUT2D eigenvalue weighted by Gasteiger charge is 2.30. The number of aliphatic hydroxyl groups excluding tert-OH is 3. The predicted molar refractivity (Wildman–Crippen MR) is 414 cm³/mol. The first-order chi connectivity index (χ1) is 49.0. The molecule has 0 atom stereocenters. The molecule has 9 aromatic carbocycles. The SMILES string of the molecule is COc1ccc(S(=O)(=O)N(CCO)c2ccccc2CN(C)C/C=C/c2ccc(Cl)cc2)cc1.COc1ccc(S(=O)(=O)N(CCO)c2ccccc2CN(C)C/C=C/c2ccc(Cl)cc2)cc1.COc1ccc(S(=O)(=O)N(CCO)c2ccccc2CN(C)C/C=C/c2ccc(Cl)cc2)cc1. The number of nitrogens with zero attached hydrogens (tertiary/aromatic N) is 6. The van der Waals surface area contributed by atoms with Crippen LogP contribution in [0, 0.1) is 0 Å². The van der Waals surface area contributed by atoms with Crippen molar-refractivity contribution >= 4 is 100 Å². The largest absolute Gasteiger partial charge is 0.497 e. The molecule has 9 aromatic rings. The van der Waals surface area contributed by atoms with Gasteiger partial charge in [0.05, 0.1) is 92.5 Å². The summed E-state index contributed by atoms with van der Waals surface area (Å²) in [6, 6.07) is 63.5. The number of hydrogen-bond donors (Lipinski definition) is 3. The Morgan fingerprint density at radius 2 is 0.559 bits per heavy atom. The fourth-order valence-corrected chi connectivity index (χ4v) is 15.4. The van der Waals surface area contributed by atoms with E-state index in [-0.39, 0.29) is 54.1 Å². The van der Waals surface area contributed by atoms with E-state index in [1.807, 2.05) is 167 Å². The quantitative estimate of drug-likeness (QED) is 0.0349. The number of ether oxygens (including phenoxy) is 3. The van der Waals surface area contributed by atoms with Crippen LogP contribution in [0.15, 0.2) is 251 Å². The van der Waals surface area contributed by atoms with Crippen LogP contribution in [0.1, 0.15) is 33.4 Å². The summed E-state index contributed by atoms with van der Waals surface area (Å²) in [5.74, 6) is 1.71. The first-order valence-electron chi connectivity index (χ1n) is 32.4. The number of methoxy groups -OCH3 is 3. The average Bonchev–Trinajstić information content (AvgIpc) is 0.797. The molecule has 0 unspecified atom stereocenters. The van der Waals surface area contributed by atoms with Gasteiger partial charge in [-0.1, -0.05) is 162 Å². The summed E-state index contributed by atoms with van der Waals surface area (Å²) in [5.41, 5.74) is 7.32. The van der Waals surface area contributed by atoms with E-state index in [0.717, 1.165) is 33.4 Å². The standard InChI is InChI=1S/3C26H29ClN2O4S/c3*1-28(17-5-6-21-9-11-23(27)12-10-21)20-22-7-3-4-8-26(22)29(18-19-30)34(31,32)25-15-13-24(33-2)14-16-25/h3*3-16,30H,17-20H2,1-2H3/b3*6-5+. The Morgan fingerprint density at radius 3 is 0.775 bits per heavy atom. The summed E-state index contributed by atoms with van der Waals surface area (Å²) in [4.78, 5) is 6.66. The molecule has 0 amide bonds. The molecule has 24 heteroatoms. The first-order valence-corrected chi connectivity index (χ1v) is 37.9. The highest BCUT2D eigenvalue weighted by atomic mass is 35.5. The molecule has 0 radical (unpaired) electrons. The zero-order valence-electron chi connectivity index (χ0n) is 57.8. The third kappa shape index (κ3) is 23.8. The molecule has 0 aromatic heterocycles. The summed E-state index contributed by atoms with van der Waals surface area (Å²) in [5, 5.41) is 31.0. The molecule has 0 fully saturated rings. The zero-order chi connectivity index (χ0) is 73.7. The van der Waals surface area contributed by atoms with Gasteiger partial charge in [-0.25, -0.2) is 25.3 Å². The van der Waals surface area contributed by atoms with E-state index >= 15 is 0 Å². The van der Waals surface area contributed by atoms with Gasteiger partial charge >= 0.3 is 0 Å². The highest BCUT2D eigenvalue weighted by Crippen LogP contribution is 2.33. The summed E-state index contributed by atoms with van der Waals surface area (Å²) in [7, 11) is -1.16. The summed E-state index contributed by atoms with van der Waals surface area (Å²) < 4.78 is 99.9. The molecule has 0 saturated carbocycles. The second-order valence-corrected chi connectivity index (χ2v) is 30.2. The van der Waals surface area contributed by atoms with Crippen LogP contribution in [0.5, 0.6) is 17.2 Å². The van der Waals surface area contributed by atoms with Crippen LogP contribution in [0.25, 0.3) is 18.2 Å². The molecule has 0 bridgehead atoms. The number of hydrogen-bond acceptors (Lipinski definition) is 15. The Labute approximate surface area is 616 Å². The molecular weight excluding hydrogens is 1420 g/mol. The van der Waals surface area contributed by atoms with E-state index in [0.29, 0.717) is 88.6 Å². The van der Waals surface area contributed by atoms with Gasteiger partial charge in [-0.3, -0.25) is 27.6 Å². The van der Waals surface area contributed by atoms with Crippen molar-refractivity contribution in [2.75, 3.05) is 114 Å². The maximum absolute atomic E-state index is 13.5. The third-order valence-electron chi connectivity index (χ3n) is 15.7. The van der Waals surface area contributed by atoms with E-state index in [1.165, 1.54) is 70.6 Å². The van der Waals surface area contributed by atoms with E-state index in [2.05, 4.69) is 14.7 Å². The van der Waals surface area contributed by atoms with Crippen molar-refractivity contribution in [1.29, 1.82) is 0 Å². The van der Waals surface area contributed by atoms with Crippen molar-refractivity contribution in [3.05, 3.63) is 285 Å². The Kier molecular flexibility index (Phi) is 32.0. The molecule has 0 spiro atoms. The molecule has 9 rings (SSSR count). The topological polar surface area (TPSA) is 210 Å². The predicted octanol–water partition coefficient (Wildman–Crippen LogP) is 14.0. The smallest absolute Gasteiger partial charge is 0.264 e. The zero-order valence-corrected chi connectivity index (χ0v) is 62.5. The molecule has 3 N–H and O–H groups in total. The van der Waals surface area contributed by atoms with Crippen molar-refractivity contribution in [3.63, 3.8) is 0 Å². The minimum Gasteiger partial charge on any atom is -0.497 e. The van der Waals surface area contributed by atoms with E-state index in [9.17, 15) is 40.6 Å². The Hall–Kier alpha value is -8.52. The van der Waals surface area contributed by atoms with Crippen molar-refractivity contribution in [1.82, 2.24) is 14.7 Å². The maximum atomic E-state index is 13.5. The monoisotopic (exact) mass is 1500 g/mol. The number of likely N-dealkylation sites (N-methyl/N-ethyl adjacent to an activating group) is 3. The fraction of sp³-hybridized carbons (Fsp3) is 0.231. The lowest BCUT2D eigenvalue weighted by Crippen LogP contribution is -2.35. The molecule has 0 aliphatic rings. The number of anilines is 3. The van der Waals surface area contributed by atoms with Gasteiger partial charge in [0.1, 0.15) is 17.2 Å².